The molecule has 0 aliphatic carbocycles. The Morgan fingerprint density at radius 2 is 1.71 bits per heavy atom. The van der Waals surface area contributed by atoms with Crippen LogP contribution in [0, 0.1) is 11.8 Å². The van der Waals surface area contributed by atoms with Crippen molar-refractivity contribution in [3.63, 3.8) is 0 Å². The largest absolute Gasteiger partial charge is 0.103 e. The zero-order chi connectivity index (χ0) is 5.86. The fourth-order valence-electron chi connectivity index (χ4n) is 0.272. The van der Waals surface area contributed by atoms with E-state index in [1.165, 1.54) is 0 Å². The van der Waals surface area contributed by atoms with Gasteiger partial charge in [0.05, 0.1) is 0 Å². The van der Waals surface area contributed by atoms with Gasteiger partial charge in [-0.2, -0.15) is 0 Å². The van der Waals surface area contributed by atoms with Crippen molar-refractivity contribution in [3.05, 3.63) is 12.7 Å². The van der Waals surface area contributed by atoms with E-state index in [-0.39, 0.29) is 0 Å². The molecule has 0 spiro atoms. The maximum Gasteiger partial charge on any atom is -0.0242 e. The lowest BCUT2D eigenvalue weighted by Crippen LogP contribution is -1.97. The third-order valence-corrected chi connectivity index (χ3v) is 1.42. The van der Waals surface area contributed by atoms with Crippen LogP contribution in [-0.4, -0.2) is 0 Å². The highest BCUT2D eigenvalue weighted by Crippen LogP contribution is 2.08. The molecule has 1 atom stereocenters. The summed E-state index contributed by atoms with van der Waals surface area (Å²) in [5.74, 6) is 1.41. The van der Waals surface area contributed by atoms with Crippen LogP contribution in [0.15, 0.2) is 12.7 Å². The number of rotatable bonds is 2. The van der Waals surface area contributed by atoms with Crippen LogP contribution in [0.3, 0.4) is 0 Å². The quantitative estimate of drug-likeness (QED) is 0.465. The zero-order valence-corrected chi connectivity index (χ0v) is 5.44. The predicted molar refractivity (Wildman–Crippen MR) is 34.2 cm³/mol. The smallest absolute Gasteiger partial charge is 0.0242 e. The van der Waals surface area contributed by atoms with Crippen LogP contribution >= 0.6 is 0 Å². The molecule has 0 aliphatic rings. The topological polar surface area (TPSA) is 0 Å². The third kappa shape index (κ3) is 2.44. The predicted octanol–water partition coefficient (Wildman–Crippen LogP) is 2.46. The van der Waals surface area contributed by atoms with Crippen molar-refractivity contribution in [2.45, 2.75) is 20.8 Å². The maximum absolute atomic E-state index is 3.68. The van der Waals surface area contributed by atoms with Gasteiger partial charge in [0.15, 0.2) is 0 Å². The summed E-state index contributed by atoms with van der Waals surface area (Å²) in [5.41, 5.74) is 0. The van der Waals surface area contributed by atoms with Gasteiger partial charge in [-0.3, -0.25) is 0 Å². The van der Waals surface area contributed by atoms with Crippen molar-refractivity contribution in [1.82, 2.24) is 0 Å². The Kier molecular flexibility index (Phi) is 2.73. The Hall–Kier alpha value is -0.260. The molecule has 0 saturated heterocycles. The number of hydrogen-bond acceptors (Lipinski definition) is 0. The molecule has 42 valence electrons. The molecule has 0 aromatic carbocycles. The lowest BCUT2D eigenvalue weighted by molar-refractivity contribution is 0.505. The molecule has 0 aromatic heterocycles. The van der Waals surface area contributed by atoms with Crippen molar-refractivity contribution < 1.29 is 0 Å². The third-order valence-electron chi connectivity index (χ3n) is 1.42. The van der Waals surface area contributed by atoms with Gasteiger partial charge < -0.3 is 0 Å². The van der Waals surface area contributed by atoms with Gasteiger partial charge in [-0.25, -0.2) is 0 Å². The van der Waals surface area contributed by atoms with E-state index >= 15 is 0 Å². The van der Waals surface area contributed by atoms with Gasteiger partial charge in [-0.05, 0) is 11.8 Å². The summed E-state index contributed by atoms with van der Waals surface area (Å²) >= 11 is 0. The SMILES string of the molecule is C=CC(C)C(C)C. The van der Waals surface area contributed by atoms with Crippen LogP contribution in [0.1, 0.15) is 20.8 Å². The molecule has 0 amide bonds. The molecule has 0 aromatic rings. The molecule has 0 aliphatic heterocycles. The standard InChI is InChI=1S/C7H14/c1-5-7(4)6(2)3/h5-7H,1H2,2-4H3. The maximum atomic E-state index is 3.68. The minimum atomic E-state index is 0.667. The van der Waals surface area contributed by atoms with E-state index < -0.39 is 0 Å². The summed E-state index contributed by atoms with van der Waals surface area (Å²) in [6.07, 6.45) is 1.99. The monoisotopic (exact) mass is 98.1 g/mol. The molecular formula is C7H14. The van der Waals surface area contributed by atoms with E-state index in [1.807, 2.05) is 6.08 Å². The second kappa shape index (κ2) is 2.84. The highest BCUT2D eigenvalue weighted by Gasteiger charge is 1.98. The van der Waals surface area contributed by atoms with Crippen molar-refractivity contribution in [3.8, 4) is 0 Å². The molecule has 7 heavy (non-hydrogen) atoms. The Labute approximate surface area is 46.2 Å². The first-order valence-electron chi connectivity index (χ1n) is 2.81. The Morgan fingerprint density at radius 3 is 1.71 bits per heavy atom. The van der Waals surface area contributed by atoms with Gasteiger partial charge in [-0.1, -0.05) is 26.8 Å². The molecule has 0 N–H and O–H groups in total. The number of hydrogen-bond donors (Lipinski definition) is 0. The van der Waals surface area contributed by atoms with Crippen LogP contribution in [-0.2, 0) is 0 Å². The van der Waals surface area contributed by atoms with E-state index in [0.29, 0.717) is 5.92 Å². The average molecular weight is 98.2 g/mol. The highest BCUT2D eigenvalue weighted by molar-refractivity contribution is 4.76. The van der Waals surface area contributed by atoms with E-state index in [4.69, 9.17) is 0 Å². The Balaban J connectivity index is 3.33. The summed E-state index contributed by atoms with van der Waals surface area (Å²) < 4.78 is 0. The van der Waals surface area contributed by atoms with E-state index in [9.17, 15) is 0 Å². The molecule has 0 rings (SSSR count). The molecule has 0 bridgehead atoms. The van der Waals surface area contributed by atoms with Gasteiger partial charge in [0, 0.05) is 0 Å². The van der Waals surface area contributed by atoms with Gasteiger partial charge in [0.25, 0.3) is 0 Å². The van der Waals surface area contributed by atoms with Gasteiger partial charge in [0.2, 0.25) is 0 Å². The normalized spacial score (nSPS) is 14.3. The van der Waals surface area contributed by atoms with Crippen LogP contribution in [0.4, 0.5) is 0 Å². The van der Waals surface area contributed by atoms with E-state index in [0.717, 1.165) is 5.92 Å². The highest BCUT2D eigenvalue weighted by atomic mass is 14.0. The summed E-state index contributed by atoms with van der Waals surface area (Å²) in [5, 5.41) is 0. The first-order valence-corrected chi connectivity index (χ1v) is 2.81. The minimum absolute atomic E-state index is 0.667. The van der Waals surface area contributed by atoms with Gasteiger partial charge >= 0.3 is 0 Å². The fourth-order valence-corrected chi connectivity index (χ4v) is 0.272. The van der Waals surface area contributed by atoms with Crippen molar-refractivity contribution in [2.75, 3.05) is 0 Å². The first-order chi connectivity index (χ1) is 3.18. The van der Waals surface area contributed by atoms with Gasteiger partial charge in [0.1, 0.15) is 0 Å². The Morgan fingerprint density at radius 1 is 1.29 bits per heavy atom. The van der Waals surface area contributed by atoms with Crippen LogP contribution in [0.2, 0.25) is 0 Å². The fraction of sp³-hybridized carbons (Fsp3) is 0.714. The minimum Gasteiger partial charge on any atom is -0.103 e. The molecule has 0 fully saturated rings. The van der Waals surface area contributed by atoms with Crippen molar-refractivity contribution in [2.24, 2.45) is 11.8 Å². The van der Waals surface area contributed by atoms with Crippen molar-refractivity contribution >= 4 is 0 Å². The lowest BCUT2D eigenvalue weighted by Gasteiger charge is -2.07. The summed E-state index contributed by atoms with van der Waals surface area (Å²) in [6.45, 7) is 10.3. The van der Waals surface area contributed by atoms with E-state index in [2.05, 4.69) is 27.4 Å². The van der Waals surface area contributed by atoms with E-state index in [1.54, 1.807) is 0 Å². The molecular weight excluding hydrogens is 84.1 g/mol. The lowest BCUT2D eigenvalue weighted by atomic mass is 9.99. The first kappa shape index (κ1) is 6.74. The van der Waals surface area contributed by atoms with Crippen LogP contribution in [0.5, 0.6) is 0 Å². The molecule has 0 nitrogen and oxygen atoms in total. The summed E-state index contributed by atoms with van der Waals surface area (Å²) in [4.78, 5) is 0. The second-order valence-electron chi connectivity index (χ2n) is 2.34. The average Bonchev–Trinajstić information content (AvgIpc) is 1.65. The molecule has 0 heterocycles. The van der Waals surface area contributed by atoms with Crippen molar-refractivity contribution in [1.29, 1.82) is 0 Å². The number of allylic oxidation sites excluding steroid dienone is 1. The molecule has 0 saturated carbocycles. The second-order valence-corrected chi connectivity index (χ2v) is 2.34. The molecule has 0 heteroatoms. The zero-order valence-electron chi connectivity index (χ0n) is 5.44. The van der Waals surface area contributed by atoms with Gasteiger partial charge in [-0.15, -0.1) is 6.58 Å². The van der Waals surface area contributed by atoms with Crippen LogP contribution < -0.4 is 0 Å². The summed E-state index contributed by atoms with van der Waals surface area (Å²) in [7, 11) is 0. The molecule has 1 unspecified atom stereocenters. The Bertz CT molecular complexity index is 53.1. The summed E-state index contributed by atoms with van der Waals surface area (Å²) in [6, 6.07) is 0. The molecule has 0 radical (unpaired) electrons. The van der Waals surface area contributed by atoms with Crippen LogP contribution in [0.25, 0.3) is 0 Å².